The number of sulfone groups is 1. The van der Waals surface area contributed by atoms with E-state index in [1.54, 1.807) is 52.5 Å². The average Bonchev–Trinajstić information content (AvgIpc) is 2.70. The van der Waals surface area contributed by atoms with E-state index in [1.165, 1.54) is 24.3 Å². The average molecular weight is 491 g/mol. The zero-order valence-corrected chi connectivity index (χ0v) is 21.3. The zero-order chi connectivity index (χ0) is 24.3. The number of alkyl halides is 1. The smallest absolute Gasteiger partial charge is 0.410 e. The third kappa shape index (κ3) is 7.07. The maximum atomic E-state index is 15.7. The largest absolute Gasteiger partial charge is 0.598 e. The highest BCUT2D eigenvalue weighted by Crippen LogP contribution is 2.31. The van der Waals surface area contributed by atoms with Crippen molar-refractivity contribution in [3.63, 3.8) is 0 Å². The maximum Gasteiger partial charge on any atom is 0.410 e. The Balaban J connectivity index is 2.22. The number of likely N-dealkylation sites (tertiary alicyclic amines) is 1. The lowest BCUT2D eigenvalue weighted by Crippen LogP contribution is -2.55. The standard InChI is InChI=1S/C22H35FN2O5S2/c1-21(2,3)30-20(26)25-14-12-16(13-15-25)18(24-31(27)22(4,5)6)19(23)32(28,29)17-10-8-7-9-11-17/h7-11,16,18-19,24H,12-15H2,1-6H3. The topological polar surface area (TPSA) is 98.8 Å². The summed E-state index contributed by atoms with van der Waals surface area (Å²) in [7, 11) is -4.30. The first kappa shape index (κ1) is 26.9. The van der Waals surface area contributed by atoms with Gasteiger partial charge in [-0.25, -0.2) is 17.6 Å². The fourth-order valence-electron chi connectivity index (χ4n) is 3.36. The van der Waals surface area contributed by atoms with Crippen LogP contribution in [-0.4, -0.2) is 58.9 Å². The van der Waals surface area contributed by atoms with Crippen LogP contribution in [0.4, 0.5) is 9.18 Å². The van der Waals surface area contributed by atoms with Crippen LogP contribution in [0.3, 0.4) is 0 Å². The molecule has 182 valence electrons. The van der Waals surface area contributed by atoms with Crippen molar-refractivity contribution in [3.8, 4) is 0 Å². The van der Waals surface area contributed by atoms with Crippen molar-refractivity contribution in [3.05, 3.63) is 30.3 Å². The number of hydrogen-bond donors (Lipinski definition) is 1. The molecule has 1 aromatic rings. The van der Waals surface area contributed by atoms with Crippen LogP contribution in [0.15, 0.2) is 35.2 Å². The van der Waals surface area contributed by atoms with Crippen molar-refractivity contribution < 1.29 is 26.9 Å². The van der Waals surface area contributed by atoms with Crippen molar-refractivity contribution in [2.45, 2.75) is 81.2 Å². The molecule has 3 unspecified atom stereocenters. The molecule has 0 saturated carbocycles. The molecule has 1 aromatic carbocycles. The van der Waals surface area contributed by atoms with Crippen LogP contribution in [0.1, 0.15) is 54.4 Å². The number of ether oxygens (including phenoxy) is 1. The highest BCUT2D eigenvalue weighted by molar-refractivity contribution is 7.92. The van der Waals surface area contributed by atoms with Crippen molar-refractivity contribution in [1.29, 1.82) is 0 Å². The molecule has 1 heterocycles. The SMILES string of the molecule is CC(C)(C)OC(=O)N1CCC(C(N[S+]([O-])C(C)(C)C)C(F)S(=O)(=O)c2ccccc2)CC1. The van der Waals surface area contributed by atoms with E-state index in [4.69, 9.17) is 4.74 Å². The van der Waals surface area contributed by atoms with Gasteiger partial charge in [-0.15, -0.1) is 4.72 Å². The van der Waals surface area contributed by atoms with Crippen LogP contribution in [0.5, 0.6) is 0 Å². The van der Waals surface area contributed by atoms with Gasteiger partial charge in [0.05, 0.1) is 4.90 Å². The first-order valence-corrected chi connectivity index (χ1v) is 13.4. The van der Waals surface area contributed by atoms with Gasteiger partial charge in [0.1, 0.15) is 16.4 Å². The number of carbonyl (C=O) groups is 1. The molecule has 1 saturated heterocycles. The van der Waals surface area contributed by atoms with E-state index in [-0.39, 0.29) is 4.90 Å². The quantitative estimate of drug-likeness (QED) is 0.609. The van der Waals surface area contributed by atoms with Gasteiger partial charge in [-0.05, 0) is 72.4 Å². The summed E-state index contributed by atoms with van der Waals surface area (Å²) in [6, 6.07) is 6.25. The van der Waals surface area contributed by atoms with E-state index >= 15 is 4.39 Å². The van der Waals surface area contributed by atoms with Gasteiger partial charge in [0.2, 0.25) is 15.3 Å². The predicted octanol–water partition coefficient (Wildman–Crippen LogP) is 3.82. The van der Waals surface area contributed by atoms with E-state index < -0.39 is 55.1 Å². The second-order valence-electron chi connectivity index (χ2n) is 10.0. The Hall–Kier alpha value is -1.36. The van der Waals surface area contributed by atoms with Crippen LogP contribution >= 0.6 is 0 Å². The highest BCUT2D eigenvalue weighted by Gasteiger charge is 2.45. The fourth-order valence-corrected chi connectivity index (χ4v) is 5.84. The van der Waals surface area contributed by atoms with Gasteiger partial charge in [-0.2, -0.15) is 0 Å². The highest BCUT2D eigenvalue weighted by atomic mass is 32.2. The summed E-state index contributed by atoms with van der Waals surface area (Å²) >= 11 is -1.67. The number of amides is 1. The number of benzene rings is 1. The summed E-state index contributed by atoms with van der Waals surface area (Å²) in [5.74, 6) is -0.423. The third-order valence-corrected chi connectivity index (χ3v) is 8.56. The molecule has 7 nitrogen and oxygen atoms in total. The van der Waals surface area contributed by atoms with E-state index in [0.717, 1.165) is 0 Å². The number of carbonyl (C=O) groups excluding carboxylic acids is 1. The van der Waals surface area contributed by atoms with Gasteiger partial charge in [-0.1, -0.05) is 18.2 Å². The van der Waals surface area contributed by atoms with Gasteiger partial charge < -0.3 is 14.2 Å². The summed E-state index contributed by atoms with van der Waals surface area (Å²) in [4.78, 5) is 13.8. The number of nitrogens with zero attached hydrogens (tertiary/aromatic N) is 1. The molecule has 0 bridgehead atoms. The van der Waals surface area contributed by atoms with Crippen LogP contribution < -0.4 is 4.72 Å². The molecule has 10 heteroatoms. The molecular weight excluding hydrogens is 455 g/mol. The van der Waals surface area contributed by atoms with Gasteiger partial charge in [0.15, 0.2) is 0 Å². The van der Waals surface area contributed by atoms with E-state index in [0.29, 0.717) is 25.9 Å². The minimum absolute atomic E-state index is 0.118. The van der Waals surface area contributed by atoms with Crippen LogP contribution in [0.2, 0.25) is 0 Å². The summed E-state index contributed by atoms with van der Waals surface area (Å²) in [6.07, 6.45) is 0.277. The van der Waals surface area contributed by atoms with Crippen molar-refractivity contribution in [2.24, 2.45) is 5.92 Å². The molecule has 1 fully saturated rings. The summed E-state index contributed by atoms with van der Waals surface area (Å²) in [5, 5.41) is 0. The Morgan fingerprint density at radius 3 is 2.16 bits per heavy atom. The first-order valence-electron chi connectivity index (χ1n) is 10.7. The van der Waals surface area contributed by atoms with Gasteiger partial charge in [0, 0.05) is 24.5 Å². The summed E-state index contributed by atoms with van der Waals surface area (Å²) in [6.45, 7) is 11.1. The van der Waals surface area contributed by atoms with Gasteiger partial charge >= 0.3 is 6.09 Å². The van der Waals surface area contributed by atoms with E-state index in [2.05, 4.69) is 4.72 Å². The number of piperidine rings is 1. The van der Waals surface area contributed by atoms with E-state index in [9.17, 15) is 17.8 Å². The zero-order valence-electron chi connectivity index (χ0n) is 19.6. The van der Waals surface area contributed by atoms with Gasteiger partial charge in [-0.3, -0.25) is 0 Å². The molecule has 32 heavy (non-hydrogen) atoms. The molecule has 0 aromatic heterocycles. The number of halogens is 1. The maximum absolute atomic E-state index is 15.7. The van der Waals surface area contributed by atoms with Crippen molar-refractivity contribution >= 4 is 27.3 Å². The lowest BCUT2D eigenvalue weighted by molar-refractivity contribution is 0.0165. The Labute approximate surface area is 194 Å². The Bertz CT molecular complexity index is 861. The minimum Gasteiger partial charge on any atom is -0.598 e. The predicted molar refractivity (Wildman–Crippen MR) is 124 cm³/mol. The summed E-state index contributed by atoms with van der Waals surface area (Å²) < 4.78 is 61.8. The lowest BCUT2D eigenvalue weighted by Gasteiger charge is -2.38. The molecule has 1 aliphatic heterocycles. The molecule has 2 rings (SSSR count). The summed E-state index contributed by atoms with van der Waals surface area (Å²) in [5.41, 5.74) is -2.91. The Kier molecular flexibility index (Phi) is 8.63. The number of hydrogen-bond acceptors (Lipinski definition) is 6. The molecule has 0 radical (unpaired) electrons. The van der Waals surface area contributed by atoms with Crippen molar-refractivity contribution in [2.75, 3.05) is 13.1 Å². The van der Waals surface area contributed by atoms with Crippen LogP contribution in [0.25, 0.3) is 0 Å². The molecule has 0 aliphatic carbocycles. The lowest BCUT2D eigenvalue weighted by atomic mass is 9.90. The van der Waals surface area contributed by atoms with Gasteiger partial charge in [0.25, 0.3) is 0 Å². The molecule has 3 atom stereocenters. The van der Waals surface area contributed by atoms with Crippen molar-refractivity contribution in [1.82, 2.24) is 9.62 Å². The molecule has 1 aliphatic rings. The second-order valence-corrected chi connectivity index (χ2v) is 14.0. The fraction of sp³-hybridized carbons (Fsp3) is 0.682. The van der Waals surface area contributed by atoms with Crippen LogP contribution in [0, 0.1) is 5.92 Å². The Morgan fingerprint density at radius 1 is 1.16 bits per heavy atom. The Morgan fingerprint density at radius 2 is 1.69 bits per heavy atom. The minimum atomic E-state index is -4.30. The molecular formula is C22H35FN2O5S2. The monoisotopic (exact) mass is 490 g/mol. The molecule has 1 N–H and O–H groups in total. The molecule has 0 spiro atoms. The third-order valence-electron chi connectivity index (χ3n) is 5.15. The normalized spacial score (nSPS) is 19.3. The first-order chi connectivity index (χ1) is 14.6. The molecule has 1 amide bonds. The number of nitrogens with one attached hydrogen (secondary N) is 1. The van der Waals surface area contributed by atoms with Crippen LogP contribution in [-0.2, 0) is 25.9 Å². The van der Waals surface area contributed by atoms with E-state index in [1.807, 2.05) is 0 Å². The number of rotatable bonds is 6. The second kappa shape index (κ2) is 10.3.